The lowest BCUT2D eigenvalue weighted by Crippen LogP contribution is -2.51. The van der Waals surface area contributed by atoms with E-state index in [2.05, 4.69) is 63.3 Å². The number of fused-ring (bicyclic) bond motifs is 4. The molecule has 7 nitrogen and oxygen atoms in total. The molecule has 3 aliphatic rings. The Balaban J connectivity index is 1.70. The fourth-order valence-corrected chi connectivity index (χ4v) is 6.74. The average molecular weight is 485 g/mol. The SMILES string of the molecule is CC1CC(C)(C)N(C)c2cc3c(cc21)N=c1cc2c(cc1O3)=[N+](C)C(C)(C)CC2CS(=O)(=O)O. The molecule has 2 unspecified atom stereocenters. The van der Waals surface area contributed by atoms with Gasteiger partial charge in [0, 0.05) is 42.2 Å². The van der Waals surface area contributed by atoms with E-state index in [4.69, 9.17) is 9.73 Å². The number of benzene rings is 2. The molecule has 34 heavy (non-hydrogen) atoms. The normalized spacial score (nSPS) is 24.2. The van der Waals surface area contributed by atoms with Crippen LogP contribution in [-0.4, -0.2) is 43.9 Å². The van der Waals surface area contributed by atoms with Gasteiger partial charge in [0.1, 0.15) is 18.1 Å². The quantitative estimate of drug-likeness (QED) is 0.443. The first kappa shape index (κ1) is 23.3. The molecule has 0 aliphatic carbocycles. The highest BCUT2D eigenvalue weighted by molar-refractivity contribution is 7.85. The van der Waals surface area contributed by atoms with E-state index in [1.165, 1.54) is 11.3 Å². The highest BCUT2D eigenvalue weighted by Gasteiger charge is 2.41. The summed E-state index contributed by atoms with van der Waals surface area (Å²) in [6.45, 7) is 10.9. The van der Waals surface area contributed by atoms with Crippen LogP contribution < -0.4 is 24.9 Å². The van der Waals surface area contributed by atoms with Crippen LogP contribution in [0.25, 0.3) is 0 Å². The summed E-state index contributed by atoms with van der Waals surface area (Å²) in [5, 5.41) is 1.60. The maximum atomic E-state index is 11.8. The topological polar surface area (TPSA) is 82.2 Å². The van der Waals surface area contributed by atoms with Crippen LogP contribution in [0.4, 0.5) is 11.4 Å². The Morgan fingerprint density at radius 2 is 1.82 bits per heavy atom. The number of nitrogens with zero attached hydrogens (tertiary/aromatic N) is 3. The van der Waals surface area contributed by atoms with E-state index in [9.17, 15) is 13.0 Å². The van der Waals surface area contributed by atoms with Crippen LogP contribution in [0, 0.1) is 0 Å². The Kier molecular flexibility index (Phi) is 4.99. The molecule has 182 valence electrons. The maximum Gasteiger partial charge on any atom is 0.265 e. The summed E-state index contributed by atoms with van der Waals surface area (Å²) in [7, 11) is 0.0239. The van der Waals surface area contributed by atoms with E-state index in [1.54, 1.807) is 0 Å². The van der Waals surface area contributed by atoms with Crippen molar-refractivity contribution in [1.82, 2.24) is 4.58 Å². The van der Waals surface area contributed by atoms with Crippen LogP contribution in [0.2, 0.25) is 0 Å². The number of rotatable bonds is 2. The van der Waals surface area contributed by atoms with E-state index in [1.807, 2.05) is 19.2 Å². The van der Waals surface area contributed by atoms with Gasteiger partial charge in [0.25, 0.3) is 10.1 Å². The number of anilines is 1. The summed E-state index contributed by atoms with van der Waals surface area (Å²) >= 11 is 0. The van der Waals surface area contributed by atoms with Crippen LogP contribution in [0.15, 0.2) is 29.3 Å². The van der Waals surface area contributed by atoms with Gasteiger partial charge < -0.3 is 9.64 Å². The molecule has 5 rings (SSSR count). The van der Waals surface area contributed by atoms with Crippen molar-refractivity contribution in [3.05, 3.63) is 46.1 Å². The Labute approximate surface area is 201 Å². The third kappa shape index (κ3) is 3.71. The van der Waals surface area contributed by atoms with E-state index < -0.39 is 10.1 Å². The molecule has 1 N–H and O–H groups in total. The molecule has 3 aliphatic heterocycles. The van der Waals surface area contributed by atoms with Crippen LogP contribution in [0.5, 0.6) is 11.5 Å². The molecule has 0 bridgehead atoms. The zero-order valence-corrected chi connectivity index (χ0v) is 21.8. The second-order valence-corrected chi connectivity index (χ2v) is 13.0. The van der Waals surface area contributed by atoms with Crippen molar-refractivity contribution in [2.24, 2.45) is 4.99 Å². The molecule has 0 spiro atoms. The van der Waals surface area contributed by atoms with E-state index in [0.29, 0.717) is 23.4 Å². The van der Waals surface area contributed by atoms with Gasteiger partial charge in [0.2, 0.25) is 5.36 Å². The Morgan fingerprint density at radius 3 is 2.50 bits per heavy atom. The second-order valence-electron chi connectivity index (χ2n) is 11.5. The van der Waals surface area contributed by atoms with E-state index in [-0.39, 0.29) is 22.7 Å². The first-order valence-electron chi connectivity index (χ1n) is 11.8. The largest absolute Gasteiger partial charge is 0.452 e. The van der Waals surface area contributed by atoms with Crippen molar-refractivity contribution in [2.45, 2.75) is 70.4 Å². The van der Waals surface area contributed by atoms with Crippen molar-refractivity contribution < 1.29 is 17.7 Å². The molecule has 2 aromatic rings. The molecule has 0 fully saturated rings. The van der Waals surface area contributed by atoms with Crippen molar-refractivity contribution >= 4 is 21.5 Å². The predicted octanol–water partition coefficient (Wildman–Crippen LogP) is 3.74. The first-order chi connectivity index (χ1) is 15.7. The minimum Gasteiger partial charge on any atom is -0.452 e. The molecule has 8 heteroatoms. The zero-order chi connectivity index (χ0) is 24.8. The molecular formula is C26H34N3O4S+. The minimum absolute atomic E-state index is 0.0554. The Bertz CT molecular complexity index is 1440. The zero-order valence-electron chi connectivity index (χ0n) is 21.0. The molecule has 0 amide bonds. The van der Waals surface area contributed by atoms with Gasteiger partial charge in [-0.15, -0.1) is 0 Å². The number of hydrogen-bond donors (Lipinski definition) is 1. The van der Waals surface area contributed by atoms with Gasteiger partial charge in [0.05, 0.1) is 11.8 Å². The van der Waals surface area contributed by atoms with E-state index >= 15 is 0 Å². The van der Waals surface area contributed by atoms with Gasteiger partial charge in [-0.1, -0.05) is 6.92 Å². The lowest BCUT2D eigenvalue weighted by atomic mass is 9.80. The molecule has 3 heterocycles. The van der Waals surface area contributed by atoms with Gasteiger partial charge in [-0.05, 0) is 57.7 Å². The molecule has 0 radical (unpaired) electrons. The van der Waals surface area contributed by atoms with Crippen LogP contribution in [0.3, 0.4) is 0 Å². The number of hydrogen-bond acceptors (Lipinski definition) is 5. The fourth-order valence-electron chi connectivity index (χ4n) is 5.94. The van der Waals surface area contributed by atoms with Crippen molar-refractivity contribution in [1.29, 1.82) is 0 Å². The van der Waals surface area contributed by atoms with Crippen LogP contribution >= 0.6 is 0 Å². The highest BCUT2D eigenvalue weighted by Crippen LogP contribution is 2.48. The minimum atomic E-state index is -4.12. The summed E-state index contributed by atoms with van der Waals surface area (Å²) in [6, 6.07) is 8.13. The first-order valence-corrected chi connectivity index (χ1v) is 13.5. The van der Waals surface area contributed by atoms with Crippen molar-refractivity contribution in [3.8, 4) is 11.5 Å². The molecular weight excluding hydrogens is 450 g/mol. The summed E-state index contributed by atoms with van der Waals surface area (Å²) in [5.41, 5.74) is 3.89. The molecule has 0 aromatic heterocycles. The third-order valence-corrected chi connectivity index (χ3v) is 8.97. The smallest absolute Gasteiger partial charge is 0.265 e. The summed E-state index contributed by atoms with van der Waals surface area (Å²) in [5.74, 6) is 1.17. The molecule has 0 saturated heterocycles. The summed E-state index contributed by atoms with van der Waals surface area (Å²) in [4.78, 5) is 7.26. The lowest BCUT2D eigenvalue weighted by Gasteiger charge is -2.45. The molecule has 0 saturated carbocycles. The van der Waals surface area contributed by atoms with Gasteiger partial charge in [-0.3, -0.25) is 4.55 Å². The maximum absolute atomic E-state index is 11.8. The van der Waals surface area contributed by atoms with Crippen LogP contribution in [0.1, 0.15) is 70.4 Å². The Hall–Kier alpha value is -2.45. The van der Waals surface area contributed by atoms with E-state index in [0.717, 1.165) is 28.8 Å². The van der Waals surface area contributed by atoms with Gasteiger partial charge in [-0.2, -0.15) is 8.42 Å². The Morgan fingerprint density at radius 1 is 1.12 bits per heavy atom. The lowest BCUT2D eigenvalue weighted by molar-refractivity contribution is 0.291. The standard InChI is InChI=1S/C26H33N3O4S/c1-15-12-25(2,3)28(6)21-10-23-19(8-17(15)21)27-20-9-18-16(14-34(30,31)32)13-26(4,5)29(7)22(18)11-24(20)33-23/h8-11,15-16H,12-14H2,1-7H3/p+1. The fraction of sp³-hybridized carbons (Fsp3) is 0.538. The molecule has 2 aromatic carbocycles. The van der Waals surface area contributed by atoms with Crippen molar-refractivity contribution in [2.75, 3.05) is 24.7 Å². The predicted molar refractivity (Wildman–Crippen MR) is 134 cm³/mol. The van der Waals surface area contributed by atoms with Gasteiger partial charge in [0.15, 0.2) is 17.0 Å². The van der Waals surface area contributed by atoms with Gasteiger partial charge in [-0.25, -0.2) is 9.57 Å². The van der Waals surface area contributed by atoms with Crippen LogP contribution in [-0.2, 0) is 10.1 Å². The number of ether oxygens (including phenoxy) is 1. The summed E-state index contributed by atoms with van der Waals surface area (Å²) in [6.07, 6.45) is 1.67. The summed E-state index contributed by atoms with van der Waals surface area (Å²) < 4.78 is 41.7. The highest BCUT2D eigenvalue weighted by atomic mass is 32.2. The van der Waals surface area contributed by atoms with Crippen molar-refractivity contribution in [3.63, 3.8) is 0 Å². The average Bonchev–Trinajstić information content (AvgIpc) is 2.71. The molecule has 2 atom stereocenters. The third-order valence-electron chi connectivity index (χ3n) is 8.15. The van der Waals surface area contributed by atoms with Gasteiger partial charge >= 0.3 is 0 Å². The second kappa shape index (κ2) is 7.28. The monoisotopic (exact) mass is 484 g/mol.